The third-order valence-electron chi connectivity index (χ3n) is 5.80. The summed E-state index contributed by atoms with van der Waals surface area (Å²) in [5, 5.41) is 1.51. The highest BCUT2D eigenvalue weighted by Crippen LogP contribution is 2.42. The zero-order valence-electron chi connectivity index (χ0n) is 14.2. The number of pyridine rings is 1. The quantitative estimate of drug-likeness (QED) is 0.731. The predicted molar refractivity (Wildman–Crippen MR) is 97.3 cm³/mol. The maximum atomic E-state index is 4.13. The van der Waals surface area contributed by atoms with Crippen molar-refractivity contribution in [2.24, 2.45) is 0 Å². The van der Waals surface area contributed by atoms with Crippen LogP contribution in [0.5, 0.6) is 0 Å². The fourth-order valence-electron chi connectivity index (χ4n) is 4.64. The van der Waals surface area contributed by atoms with Crippen LogP contribution in [0.1, 0.15) is 34.7 Å². The van der Waals surface area contributed by atoms with Crippen molar-refractivity contribution in [3.05, 3.63) is 65.1 Å². The van der Waals surface area contributed by atoms with Crippen molar-refractivity contribution in [2.75, 3.05) is 13.1 Å². The van der Waals surface area contributed by atoms with Gasteiger partial charge in [0.2, 0.25) is 0 Å². The van der Waals surface area contributed by atoms with E-state index in [1.807, 2.05) is 12.4 Å². The summed E-state index contributed by atoms with van der Waals surface area (Å²) in [5.41, 5.74) is 7.38. The molecule has 3 aromatic rings. The summed E-state index contributed by atoms with van der Waals surface area (Å²) in [5.74, 6) is 0.736. The lowest BCUT2D eigenvalue weighted by atomic mass is 9.93. The Hall–Kier alpha value is -2.13. The largest absolute Gasteiger partial charge is 0.343 e. The topological polar surface area (TPSA) is 21.1 Å². The SMILES string of the molecule is Cc1ccc2c(c1)c1c(n2CCc2ccncc2)CN2CCC1C2. The monoisotopic (exact) mass is 317 g/mol. The highest BCUT2D eigenvalue weighted by Gasteiger charge is 2.35. The first-order chi connectivity index (χ1) is 11.8. The Morgan fingerprint density at radius 3 is 2.92 bits per heavy atom. The predicted octanol–water partition coefficient (Wildman–Crippen LogP) is 3.89. The molecule has 0 aliphatic carbocycles. The van der Waals surface area contributed by atoms with Crippen LogP contribution in [-0.4, -0.2) is 27.5 Å². The van der Waals surface area contributed by atoms with Crippen LogP contribution in [-0.2, 0) is 19.5 Å². The molecule has 122 valence electrons. The molecule has 4 heterocycles. The van der Waals surface area contributed by atoms with Crippen LogP contribution in [0.4, 0.5) is 0 Å². The Morgan fingerprint density at radius 1 is 1.17 bits per heavy atom. The lowest BCUT2D eigenvalue weighted by molar-refractivity contribution is 0.304. The molecule has 2 bridgehead atoms. The minimum Gasteiger partial charge on any atom is -0.343 e. The van der Waals surface area contributed by atoms with Crippen LogP contribution < -0.4 is 0 Å². The number of benzene rings is 1. The maximum Gasteiger partial charge on any atom is 0.0486 e. The van der Waals surface area contributed by atoms with Crippen LogP contribution in [0, 0.1) is 6.92 Å². The molecule has 3 nitrogen and oxygen atoms in total. The summed E-state index contributed by atoms with van der Waals surface area (Å²) < 4.78 is 2.59. The molecule has 0 N–H and O–H groups in total. The van der Waals surface area contributed by atoms with Gasteiger partial charge in [0, 0.05) is 54.5 Å². The Kier molecular flexibility index (Phi) is 3.23. The third kappa shape index (κ3) is 2.19. The number of nitrogens with zero attached hydrogens (tertiary/aromatic N) is 3. The molecular formula is C21H23N3. The minimum absolute atomic E-state index is 0.736. The molecule has 0 spiro atoms. The third-order valence-corrected chi connectivity index (χ3v) is 5.80. The number of aromatic nitrogens is 2. The van der Waals surface area contributed by atoms with Crippen molar-refractivity contribution in [1.82, 2.24) is 14.5 Å². The van der Waals surface area contributed by atoms with E-state index in [-0.39, 0.29) is 0 Å². The standard InChI is InChI=1S/C21H23N3/c1-15-2-3-19-18(12-15)21-17-7-10-23(13-17)14-20(21)24(19)11-6-16-4-8-22-9-5-16/h2-5,8-9,12,17H,6-7,10-11,13-14H2,1H3. The molecule has 24 heavy (non-hydrogen) atoms. The van der Waals surface area contributed by atoms with E-state index in [2.05, 4.69) is 51.7 Å². The molecule has 1 saturated heterocycles. The van der Waals surface area contributed by atoms with Gasteiger partial charge in [0.05, 0.1) is 0 Å². The highest BCUT2D eigenvalue weighted by atomic mass is 15.2. The second kappa shape index (κ2) is 5.45. The molecule has 2 aliphatic rings. The second-order valence-corrected chi connectivity index (χ2v) is 7.36. The van der Waals surface area contributed by atoms with Crippen molar-refractivity contribution in [3.63, 3.8) is 0 Å². The van der Waals surface area contributed by atoms with Gasteiger partial charge < -0.3 is 4.57 Å². The van der Waals surface area contributed by atoms with Gasteiger partial charge in [0.15, 0.2) is 0 Å². The molecule has 0 saturated carbocycles. The average molecular weight is 317 g/mol. The van der Waals surface area contributed by atoms with Crippen LogP contribution in [0.25, 0.3) is 10.9 Å². The Morgan fingerprint density at radius 2 is 2.04 bits per heavy atom. The van der Waals surface area contributed by atoms with Crippen molar-refractivity contribution in [1.29, 1.82) is 0 Å². The lowest BCUT2D eigenvalue weighted by Gasteiger charge is -2.25. The first-order valence-corrected chi connectivity index (χ1v) is 9.02. The van der Waals surface area contributed by atoms with Gasteiger partial charge in [-0.05, 0) is 61.7 Å². The zero-order chi connectivity index (χ0) is 16.1. The average Bonchev–Trinajstić information content (AvgIpc) is 3.13. The van der Waals surface area contributed by atoms with E-state index in [0.29, 0.717) is 0 Å². The van der Waals surface area contributed by atoms with Crippen molar-refractivity contribution in [3.8, 4) is 0 Å². The maximum absolute atomic E-state index is 4.13. The van der Waals surface area contributed by atoms with Gasteiger partial charge in [0.1, 0.15) is 0 Å². The van der Waals surface area contributed by atoms with Crippen molar-refractivity contribution < 1.29 is 0 Å². The summed E-state index contributed by atoms with van der Waals surface area (Å²) in [4.78, 5) is 6.76. The summed E-state index contributed by atoms with van der Waals surface area (Å²) >= 11 is 0. The van der Waals surface area contributed by atoms with Crippen molar-refractivity contribution in [2.45, 2.75) is 38.8 Å². The molecule has 1 aromatic carbocycles. The van der Waals surface area contributed by atoms with E-state index in [9.17, 15) is 0 Å². The number of aryl methyl sites for hydroxylation is 3. The first kappa shape index (κ1) is 14.2. The zero-order valence-corrected chi connectivity index (χ0v) is 14.2. The van der Waals surface area contributed by atoms with Gasteiger partial charge in [-0.15, -0.1) is 0 Å². The van der Waals surface area contributed by atoms with E-state index < -0.39 is 0 Å². The summed E-state index contributed by atoms with van der Waals surface area (Å²) in [6.07, 6.45) is 6.18. The van der Waals surface area contributed by atoms with Gasteiger partial charge in [-0.3, -0.25) is 9.88 Å². The van der Waals surface area contributed by atoms with Gasteiger partial charge in [-0.25, -0.2) is 0 Å². The molecule has 0 amide bonds. The van der Waals surface area contributed by atoms with Gasteiger partial charge >= 0.3 is 0 Å². The summed E-state index contributed by atoms with van der Waals surface area (Å²) in [7, 11) is 0. The van der Waals surface area contributed by atoms with Gasteiger partial charge in [0.25, 0.3) is 0 Å². The number of fused-ring (bicyclic) bond motifs is 6. The fraction of sp³-hybridized carbons (Fsp3) is 0.381. The summed E-state index contributed by atoms with van der Waals surface area (Å²) in [6, 6.07) is 11.3. The molecule has 5 rings (SSSR count). The molecule has 2 unspecified atom stereocenters. The van der Waals surface area contributed by atoms with E-state index in [1.165, 1.54) is 41.5 Å². The molecular weight excluding hydrogens is 294 g/mol. The number of hydrogen-bond acceptors (Lipinski definition) is 2. The first-order valence-electron chi connectivity index (χ1n) is 9.02. The minimum atomic E-state index is 0.736. The Bertz CT molecular complexity index is 894. The lowest BCUT2D eigenvalue weighted by Crippen LogP contribution is -2.26. The van der Waals surface area contributed by atoms with Gasteiger partial charge in [-0.2, -0.15) is 0 Å². The van der Waals surface area contributed by atoms with E-state index in [4.69, 9.17) is 0 Å². The van der Waals surface area contributed by atoms with Crippen LogP contribution in [0.2, 0.25) is 0 Å². The fourth-order valence-corrected chi connectivity index (χ4v) is 4.64. The van der Waals surface area contributed by atoms with Crippen LogP contribution in [0.15, 0.2) is 42.7 Å². The smallest absolute Gasteiger partial charge is 0.0486 e. The molecule has 0 radical (unpaired) electrons. The van der Waals surface area contributed by atoms with E-state index in [1.54, 1.807) is 11.3 Å². The molecule has 3 heteroatoms. The van der Waals surface area contributed by atoms with E-state index in [0.717, 1.165) is 25.4 Å². The Labute approximate surface area is 142 Å². The number of hydrogen-bond donors (Lipinski definition) is 0. The van der Waals surface area contributed by atoms with Gasteiger partial charge in [-0.1, -0.05) is 11.6 Å². The van der Waals surface area contributed by atoms with E-state index >= 15 is 0 Å². The van der Waals surface area contributed by atoms with Crippen molar-refractivity contribution >= 4 is 10.9 Å². The molecule has 2 aromatic heterocycles. The van der Waals surface area contributed by atoms with Crippen LogP contribution >= 0.6 is 0 Å². The molecule has 1 fully saturated rings. The summed E-state index contributed by atoms with van der Waals surface area (Å²) in [6.45, 7) is 6.90. The van der Waals surface area contributed by atoms with Crippen LogP contribution in [0.3, 0.4) is 0 Å². The number of rotatable bonds is 3. The molecule has 2 atom stereocenters. The highest BCUT2D eigenvalue weighted by molar-refractivity contribution is 5.87. The normalized spacial score (nSPS) is 22.0. The second-order valence-electron chi connectivity index (χ2n) is 7.36. The Balaban J connectivity index is 1.61. The molecule has 2 aliphatic heterocycles.